The number of sulfonamides is 1. The number of nitrogens with one attached hydrogen (secondary N) is 1. The fourth-order valence-corrected chi connectivity index (χ4v) is 5.64. The molecule has 1 fully saturated rings. The normalized spacial score (nSPS) is 15.9. The van der Waals surface area contributed by atoms with Gasteiger partial charge in [-0.25, -0.2) is 12.8 Å². The molecule has 0 saturated carbocycles. The minimum Gasteiger partial charge on any atom is -0.347 e. The summed E-state index contributed by atoms with van der Waals surface area (Å²) in [6, 6.07) is 7.62. The summed E-state index contributed by atoms with van der Waals surface area (Å²) in [6.07, 6.45) is 2.68. The number of halogens is 1. The molecule has 0 atom stereocenters. The predicted octanol–water partition coefficient (Wildman–Crippen LogP) is 2.99. The molecule has 1 saturated heterocycles. The first-order valence-corrected chi connectivity index (χ1v) is 10.4. The van der Waals surface area contributed by atoms with Gasteiger partial charge < -0.3 is 5.32 Å². The summed E-state index contributed by atoms with van der Waals surface area (Å²) >= 11 is 1.08. The largest absolute Gasteiger partial charge is 0.347 e. The Morgan fingerprint density at radius 2 is 1.88 bits per heavy atom. The lowest BCUT2D eigenvalue weighted by Gasteiger charge is -2.25. The van der Waals surface area contributed by atoms with Crippen LogP contribution in [-0.4, -0.2) is 31.7 Å². The number of amides is 1. The van der Waals surface area contributed by atoms with Crippen molar-refractivity contribution in [3.8, 4) is 0 Å². The standard InChI is InChI=1S/C17H19FN2O3S2/c18-14-7-3-2-6-13(14)12-19-17(21)16-15(8-11-24-16)25(22,23)20-9-4-1-5-10-20/h2-3,6-8,11H,1,4-5,9-10,12H2,(H,19,21). The van der Waals surface area contributed by atoms with Crippen LogP contribution < -0.4 is 5.32 Å². The third kappa shape index (κ3) is 3.91. The molecule has 1 aromatic heterocycles. The first-order chi connectivity index (χ1) is 12.0. The molecule has 5 nitrogen and oxygen atoms in total. The second kappa shape index (κ2) is 7.63. The molecule has 8 heteroatoms. The van der Waals surface area contributed by atoms with Crippen molar-refractivity contribution >= 4 is 27.3 Å². The van der Waals surface area contributed by atoms with Crippen LogP contribution in [0.25, 0.3) is 0 Å². The summed E-state index contributed by atoms with van der Waals surface area (Å²) in [5.74, 6) is -0.913. The molecule has 1 N–H and O–H groups in total. The number of thiophene rings is 1. The molecule has 0 radical (unpaired) electrons. The lowest BCUT2D eigenvalue weighted by Crippen LogP contribution is -2.36. The van der Waals surface area contributed by atoms with E-state index in [-0.39, 0.29) is 16.3 Å². The maximum absolute atomic E-state index is 13.6. The van der Waals surface area contributed by atoms with Gasteiger partial charge in [0.1, 0.15) is 15.6 Å². The molecule has 3 rings (SSSR count). The highest BCUT2D eigenvalue weighted by molar-refractivity contribution is 7.89. The van der Waals surface area contributed by atoms with Crippen LogP contribution in [0.1, 0.15) is 34.5 Å². The molecule has 1 aromatic carbocycles. The van der Waals surface area contributed by atoms with Gasteiger partial charge in [-0.1, -0.05) is 24.6 Å². The number of benzene rings is 1. The summed E-state index contributed by atoms with van der Waals surface area (Å²) in [4.78, 5) is 12.6. The zero-order valence-corrected chi connectivity index (χ0v) is 15.2. The maximum atomic E-state index is 13.6. The maximum Gasteiger partial charge on any atom is 0.263 e. The van der Waals surface area contributed by atoms with E-state index < -0.39 is 21.7 Å². The molecule has 0 unspecified atom stereocenters. The Morgan fingerprint density at radius 1 is 1.16 bits per heavy atom. The monoisotopic (exact) mass is 382 g/mol. The Kier molecular flexibility index (Phi) is 5.51. The van der Waals surface area contributed by atoms with Crippen LogP contribution in [0.5, 0.6) is 0 Å². The summed E-state index contributed by atoms with van der Waals surface area (Å²) in [6.45, 7) is 0.968. The van der Waals surface area contributed by atoms with Crippen LogP contribution in [0.15, 0.2) is 40.6 Å². The minimum absolute atomic E-state index is 0.00656. The van der Waals surface area contributed by atoms with Gasteiger partial charge in [-0.05, 0) is 30.4 Å². The van der Waals surface area contributed by atoms with Crippen LogP contribution >= 0.6 is 11.3 Å². The number of rotatable bonds is 5. The average molecular weight is 382 g/mol. The Balaban J connectivity index is 1.76. The van der Waals surface area contributed by atoms with Gasteiger partial charge in [0.15, 0.2) is 0 Å². The van der Waals surface area contributed by atoms with Gasteiger partial charge in [0.2, 0.25) is 10.0 Å². The van der Waals surface area contributed by atoms with Crippen molar-refractivity contribution in [2.75, 3.05) is 13.1 Å². The van der Waals surface area contributed by atoms with E-state index in [1.165, 1.54) is 16.4 Å². The molecule has 25 heavy (non-hydrogen) atoms. The summed E-state index contributed by atoms with van der Waals surface area (Å²) in [5, 5.41) is 4.20. The van der Waals surface area contributed by atoms with E-state index in [9.17, 15) is 17.6 Å². The Morgan fingerprint density at radius 3 is 2.60 bits per heavy atom. The van der Waals surface area contributed by atoms with E-state index in [0.29, 0.717) is 18.7 Å². The van der Waals surface area contributed by atoms with Crippen molar-refractivity contribution in [2.24, 2.45) is 0 Å². The number of carbonyl (C=O) groups excluding carboxylic acids is 1. The quantitative estimate of drug-likeness (QED) is 0.864. The SMILES string of the molecule is O=C(NCc1ccccc1F)c1sccc1S(=O)(=O)N1CCCCC1. The number of hydrogen-bond acceptors (Lipinski definition) is 4. The molecule has 0 bridgehead atoms. The van der Waals surface area contributed by atoms with E-state index in [1.807, 2.05) is 0 Å². The van der Waals surface area contributed by atoms with E-state index in [0.717, 1.165) is 30.6 Å². The fraction of sp³-hybridized carbons (Fsp3) is 0.353. The van der Waals surface area contributed by atoms with Gasteiger partial charge in [-0.15, -0.1) is 11.3 Å². The topological polar surface area (TPSA) is 66.5 Å². The second-order valence-corrected chi connectivity index (χ2v) is 8.68. The van der Waals surface area contributed by atoms with E-state index in [1.54, 1.807) is 23.6 Å². The highest BCUT2D eigenvalue weighted by Crippen LogP contribution is 2.27. The first-order valence-electron chi connectivity index (χ1n) is 8.09. The lowest BCUT2D eigenvalue weighted by atomic mass is 10.2. The average Bonchev–Trinajstić information content (AvgIpc) is 3.12. The third-order valence-corrected chi connectivity index (χ3v) is 7.15. The molecule has 134 valence electrons. The van der Waals surface area contributed by atoms with E-state index >= 15 is 0 Å². The molecule has 2 aromatic rings. The van der Waals surface area contributed by atoms with E-state index in [2.05, 4.69) is 5.32 Å². The van der Waals surface area contributed by atoms with Crippen LogP contribution in [0.3, 0.4) is 0 Å². The van der Waals surface area contributed by atoms with Crippen molar-refractivity contribution in [3.63, 3.8) is 0 Å². The van der Waals surface area contributed by atoms with Gasteiger partial charge in [0, 0.05) is 25.2 Å². The molecular weight excluding hydrogens is 363 g/mol. The summed E-state index contributed by atoms with van der Waals surface area (Å²) in [5.41, 5.74) is 0.354. The summed E-state index contributed by atoms with van der Waals surface area (Å²) < 4.78 is 40.7. The van der Waals surface area contributed by atoms with Crippen molar-refractivity contribution in [1.29, 1.82) is 0 Å². The predicted molar refractivity (Wildman–Crippen MR) is 94.5 cm³/mol. The second-order valence-electron chi connectivity index (χ2n) is 5.85. The highest BCUT2D eigenvalue weighted by Gasteiger charge is 2.30. The number of piperidine rings is 1. The van der Waals surface area contributed by atoms with E-state index in [4.69, 9.17) is 0 Å². The molecule has 0 aliphatic carbocycles. The molecule has 2 heterocycles. The third-order valence-electron chi connectivity index (χ3n) is 4.17. The zero-order valence-electron chi connectivity index (χ0n) is 13.6. The van der Waals surface area contributed by atoms with Gasteiger partial charge in [0.25, 0.3) is 5.91 Å². The van der Waals surface area contributed by atoms with Crippen molar-refractivity contribution in [3.05, 3.63) is 52.0 Å². The number of carbonyl (C=O) groups is 1. The smallest absolute Gasteiger partial charge is 0.263 e. The van der Waals surface area contributed by atoms with Gasteiger partial charge in [0.05, 0.1) is 0 Å². The Bertz CT molecular complexity index is 858. The van der Waals surface area contributed by atoms with Crippen LogP contribution in [0.4, 0.5) is 4.39 Å². The van der Waals surface area contributed by atoms with Gasteiger partial charge in [-0.3, -0.25) is 4.79 Å². The Hall–Kier alpha value is -1.77. The highest BCUT2D eigenvalue weighted by atomic mass is 32.2. The number of nitrogens with zero attached hydrogens (tertiary/aromatic N) is 1. The fourth-order valence-electron chi connectivity index (χ4n) is 2.81. The molecule has 1 aliphatic heterocycles. The minimum atomic E-state index is -3.68. The van der Waals surface area contributed by atoms with Gasteiger partial charge >= 0.3 is 0 Å². The Labute approximate surface area is 150 Å². The molecule has 0 spiro atoms. The van der Waals surface area contributed by atoms with Crippen molar-refractivity contribution in [1.82, 2.24) is 9.62 Å². The number of hydrogen-bond donors (Lipinski definition) is 1. The molecular formula is C17H19FN2O3S2. The van der Waals surface area contributed by atoms with Crippen molar-refractivity contribution < 1.29 is 17.6 Å². The van der Waals surface area contributed by atoms with Crippen molar-refractivity contribution in [2.45, 2.75) is 30.7 Å². The zero-order chi connectivity index (χ0) is 17.9. The van der Waals surface area contributed by atoms with Crippen LogP contribution in [0.2, 0.25) is 0 Å². The van der Waals surface area contributed by atoms with Gasteiger partial charge in [-0.2, -0.15) is 4.31 Å². The molecule has 1 aliphatic rings. The van der Waals surface area contributed by atoms with Crippen LogP contribution in [-0.2, 0) is 16.6 Å². The lowest BCUT2D eigenvalue weighted by molar-refractivity contribution is 0.0951. The molecule has 1 amide bonds. The van der Waals surface area contributed by atoms with Crippen LogP contribution in [0, 0.1) is 5.82 Å². The first kappa shape index (κ1) is 18.0. The summed E-state index contributed by atoms with van der Waals surface area (Å²) in [7, 11) is -3.68.